The number of benzene rings is 1. The Morgan fingerprint density at radius 3 is 2.43 bits per heavy atom. The zero-order valence-corrected chi connectivity index (χ0v) is 30.0. The van der Waals surface area contributed by atoms with Gasteiger partial charge in [0.25, 0.3) is 0 Å². The normalized spacial score (nSPS) is 17.7. The standard InChI is InChI=1S/C35H49N5O5S2/c1-23(2)45-32(41)13-8-7-11-25-14-16-26(17-15-25)33-37-22-30(46-33)28-19-18-27(21-31(28)47(43,44)40-35(4,5)6)39-34(42)38-24(3)29-12-9-10-20-36-29/h9-10,12,18-26,40H,7-8,11,13-17H2,1-6H3,(H2,38,39,42)/t24-,25?,26?/m0/s1. The van der Waals surface area contributed by atoms with Gasteiger partial charge >= 0.3 is 12.0 Å². The molecule has 1 fully saturated rings. The zero-order valence-electron chi connectivity index (χ0n) is 28.3. The van der Waals surface area contributed by atoms with Gasteiger partial charge in [0.1, 0.15) is 0 Å². The average Bonchev–Trinajstić information content (AvgIpc) is 3.49. The van der Waals surface area contributed by atoms with E-state index >= 15 is 0 Å². The largest absolute Gasteiger partial charge is 0.463 e. The van der Waals surface area contributed by atoms with Crippen molar-refractivity contribution in [3.05, 3.63) is 59.5 Å². The number of carbonyl (C=O) groups excluding carboxylic acids is 2. The number of nitrogens with zero attached hydrogens (tertiary/aromatic N) is 2. The smallest absolute Gasteiger partial charge is 0.319 e. The maximum atomic E-state index is 13.7. The summed E-state index contributed by atoms with van der Waals surface area (Å²) < 4.78 is 35.4. The van der Waals surface area contributed by atoms with Crippen molar-refractivity contribution in [2.75, 3.05) is 5.32 Å². The van der Waals surface area contributed by atoms with Crippen LogP contribution in [0.25, 0.3) is 10.4 Å². The number of hydrogen-bond acceptors (Lipinski definition) is 8. The average molecular weight is 684 g/mol. The number of rotatable bonds is 13. The Morgan fingerprint density at radius 2 is 1.77 bits per heavy atom. The van der Waals surface area contributed by atoms with Crippen molar-refractivity contribution >= 4 is 39.0 Å². The molecule has 1 saturated carbocycles. The summed E-state index contributed by atoms with van der Waals surface area (Å²) in [5.41, 5.74) is 0.909. The van der Waals surface area contributed by atoms with Crippen LogP contribution in [0.2, 0.25) is 0 Å². The molecule has 0 saturated heterocycles. The van der Waals surface area contributed by atoms with Gasteiger partial charge in [-0.15, -0.1) is 11.3 Å². The Morgan fingerprint density at radius 1 is 1.02 bits per heavy atom. The molecule has 1 aliphatic rings. The first-order chi connectivity index (χ1) is 22.2. The maximum Gasteiger partial charge on any atom is 0.319 e. The van der Waals surface area contributed by atoms with E-state index in [2.05, 4.69) is 20.3 Å². The molecule has 1 aliphatic carbocycles. The molecular weight excluding hydrogens is 635 g/mol. The van der Waals surface area contributed by atoms with Gasteiger partial charge in [-0.05, 0) is 104 Å². The van der Waals surface area contributed by atoms with E-state index in [1.165, 1.54) is 17.4 Å². The van der Waals surface area contributed by atoms with Crippen molar-refractivity contribution < 1.29 is 22.7 Å². The number of hydrogen-bond donors (Lipinski definition) is 3. The first kappa shape index (κ1) is 36.5. The molecule has 0 aliphatic heterocycles. The van der Waals surface area contributed by atoms with Crippen molar-refractivity contribution in [3.63, 3.8) is 0 Å². The first-order valence-electron chi connectivity index (χ1n) is 16.5. The second-order valence-electron chi connectivity index (χ2n) is 13.7. The van der Waals surface area contributed by atoms with Crippen molar-refractivity contribution in [2.45, 2.75) is 121 Å². The van der Waals surface area contributed by atoms with E-state index in [1.54, 1.807) is 45.3 Å². The van der Waals surface area contributed by atoms with Crippen LogP contribution in [0.15, 0.2) is 53.7 Å². The van der Waals surface area contributed by atoms with Crippen molar-refractivity contribution in [3.8, 4) is 10.4 Å². The third kappa shape index (κ3) is 11.1. The minimum Gasteiger partial charge on any atom is -0.463 e. The van der Waals surface area contributed by atoms with Gasteiger partial charge in [-0.1, -0.05) is 25.0 Å². The molecule has 1 aromatic carbocycles. The lowest BCUT2D eigenvalue weighted by molar-refractivity contribution is -0.147. The minimum absolute atomic E-state index is 0.0672. The molecule has 2 amide bonds. The zero-order chi connectivity index (χ0) is 34.2. The van der Waals surface area contributed by atoms with E-state index in [4.69, 9.17) is 9.72 Å². The van der Waals surface area contributed by atoms with Gasteiger partial charge in [-0.25, -0.2) is 22.9 Å². The number of anilines is 1. The predicted octanol–water partition coefficient (Wildman–Crippen LogP) is 7.95. The van der Waals surface area contributed by atoms with Crippen molar-refractivity contribution in [1.29, 1.82) is 0 Å². The second kappa shape index (κ2) is 16.2. The third-order valence-electron chi connectivity index (χ3n) is 8.04. The number of carbonyl (C=O) groups is 2. The summed E-state index contributed by atoms with van der Waals surface area (Å²) in [6.45, 7) is 10.9. The molecule has 0 radical (unpaired) electrons. The minimum atomic E-state index is -3.95. The molecule has 10 nitrogen and oxygen atoms in total. The Kier molecular flexibility index (Phi) is 12.5. The lowest BCUT2D eigenvalue weighted by Gasteiger charge is -2.27. The quantitative estimate of drug-likeness (QED) is 0.123. The fraction of sp³-hybridized carbons (Fsp3) is 0.543. The Labute approximate surface area is 283 Å². The van der Waals surface area contributed by atoms with Crippen LogP contribution in [0.1, 0.15) is 116 Å². The van der Waals surface area contributed by atoms with Crippen LogP contribution in [-0.2, 0) is 19.6 Å². The maximum absolute atomic E-state index is 13.7. The third-order valence-corrected chi connectivity index (χ3v) is 11.0. The lowest BCUT2D eigenvalue weighted by atomic mass is 9.80. The number of amides is 2. The van der Waals surface area contributed by atoms with Crippen LogP contribution in [0.3, 0.4) is 0 Å². The van der Waals surface area contributed by atoms with Crippen LogP contribution in [0, 0.1) is 5.92 Å². The van der Waals surface area contributed by atoms with E-state index in [0.717, 1.165) is 54.8 Å². The molecule has 256 valence electrons. The highest BCUT2D eigenvalue weighted by Gasteiger charge is 2.28. The number of aromatic nitrogens is 2. The SMILES string of the molecule is CC(C)OC(=O)CCCCC1CCC(c2ncc(-c3ccc(NC(=O)N[C@@H](C)c4ccccn4)cc3S(=O)(=O)NC(C)(C)C)s2)CC1. The number of sulfonamides is 1. The van der Waals surface area contributed by atoms with E-state index in [9.17, 15) is 18.0 Å². The number of nitrogens with one attached hydrogen (secondary N) is 3. The fourth-order valence-corrected chi connectivity index (χ4v) is 8.73. The molecule has 2 aromatic heterocycles. The second-order valence-corrected chi connectivity index (χ2v) is 16.4. The van der Waals surface area contributed by atoms with Crippen LogP contribution in [0.5, 0.6) is 0 Å². The number of esters is 1. The molecule has 3 N–H and O–H groups in total. The molecule has 12 heteroatoms. The summed E-state index contributed by atoms with van der Waals surface area (Å²) in [4.78, 5) is 34.5. The molecule has 3 aromatic rings. The van der Waals surface area contributed by atoms with Gasteiger partial charge in [-0.3, -0.25) is 9.78 Å². The van der Waals surface area contributed by atoms with Crippen LogP contribution < -0.4 is 15.4 Å². The summed E-state index contributed by atoms with van der Waals surface area (Å²) in [7, 11) is -3.95. The summed E-state index contributed by atoms with van der Waals surface area (Å²) in [6, 6.07) is 9.63. The predicted molar refractivity (Wildman–Crippen MR) is 187 cm³/mol. The Bertz CT molecular complexity index is 1590. The summed E-state index contributed by atoms with van der Waals surface area (Å²) in [5, 5.41) is 6.65. The van der Waals surface area contributed by atoms with Gasteiger partial charge < -0.3 is 15.4 Å². The first-order valence-corrected chi connectivity index (χ1v) is 18.8. The van der Waals surface area contributed by atoms with Crippen molar-refractivity contribution in [2.24, 2.45) is 5.92 Å². The summed E-state index contributed by atoms with van der Waals surface area (Å²) in [6.07, 6.45) is 11.2. The van der Waals surface area contributed by atoms with Crippen molar-refractivity contribution in [1.82, 2.24) is 20.0 Å². The summed E-state index contributed by atoms with van der Waals surface area (Å²) in [5.74, 6) is 0.872. The van der Waals surface area contributed by atoms with E-state index < -0.39 is 21.6 Å². The number of unbranched alkanes of at least 4 members (excludes halogenated alkanes) is 1. The Balaban J connectivity index is 1.43. The molecule has 4 rings (SSSR count). The van der Waals surface area contributed by atoms with E-state index in [-0.39, 0.29) is 23.0 Å². The number of urea groups is 1. The lowest BCUT2D eigenvalue weighted by Crippen LogP contribution is -2.40. The van der Waals surface area contributed by atoms with E-state index in [1.807, 2.05) is 39.0 Å². The summed E-state index contributed by atoms with van der Waals surface area (Å²) >= 11 is 1.54. The van der Waals surface area contributed by atoms with Gasteiger partial charge in [-0.2, -0.15) is 0 Å². The van der Waals surface area contributed by atoms with Gasteiger partial charge in [0.15, 0.2) is 0 Å². The molecule has 1 atom stereocenters. The fourth-order valence-electron chi connectivity index (χ4n) is 5.88. The molecule has 0 spiro atoms. The van der Waals surface area contributed by atoms with Gasteiger partial charge in [0.05, 0.1) is 32.6 Å². The molecule has 0 unspecified atom stereocenters. The molecule has 2 heterocycles. The highest BCUT2D eigenvalue weighted by Crippen LogP contribution is 2.42. The number of thiazole rings is 1. The van der Waals surface area contributed by atoms with Crippen LogP contribution >= 0.6 is 11.3 Å². The molecule has 0 bridgehead atoms. The number of pyridine rings is 1. The Hall–Kier alpha value is -3.35. The van der Waals surface area contributed by atoms with Gasteiger partial charge in [0.2, 0.25) is 10.0 Å². The van der Waals surface area contributed by atoms with E-state index in [0.29, 0.717) is 35.2 Å². The number of ether oxygens (including phenoxy) is 1. The van der Waals surface area contributed by atoms with Crippen LogP contribution in [-0.4, -0.2) is 42.0 Å². The topological polar surface area (TPSA) is 139 Å². The molecular formula is C35H49N5O5S2. The highest BCUT2D eigenvalue weighted by molar-refractivity contribution is 7.89. The monoisotopic (exact) mass is 683 g/mol. The highest BCUT2D eigenvalue weighted by atomic mass is 32.2. The van der Waals surface area contributed by atoms with Gasteiger partial charge in [0, 0.05) is 41.5 Å². The van der Waals surface area contributed by atoms with Crippen LogP contribution in [0.4, 0.5) is 10.5 Å². The molecule has 47 heavy (non-hydrogen) atoms.